The number of carboxylic acid groups (broad SMARTS) is 1. The van der Waals surface area contributed by atoms with E-state index in [9.17, 15) is 36.3 Å². The molecule has 10 nitrogen and oxygen atoms in total. The largest absolute Gasteiger partial charge is 0.573 e. The zero-order chi connectivity index (χ0) is 32.7. The third kappa shape index (κ3) is 5.36. The predicted molar refractivity (Wildman–Crippen MR) is 151 cm³/mol. The van der Waals surface area contributed by atoms with Crippen LogP contribution in [-0.4, -0.2) is 41.1 Å². The van der Waals surface area contributed by atoms with Crippen molar-refractivity contribution in [3.8, 4) is 23.0 Å². The zero-order valence-electron chi connectivity index (χ0n) is 23.1. The first kappa shape index (κ1) is 31.5. The van der Waals surface area contributed by atoms with Gasteiger partial charge < -0.3 is 28.8 Å². The van der Waals surface area contributed by atoms with Crippen LogP contribution >= 0.6 is 11.6 Å². The van der Waals surface area contributed by atoms with Crippen LogP contribution in [0.2, 0.25) is 5.02 Å². The number of anilines is 1. The smallest absolute Gasteiger partial charge is 0.514 e. The first-order chi connectivity index (χ1) is 21.2. The summed E-state index contributed by atoms with van der Waals surface area (Å²) in [6, 6.07) is 17.8. The molecular formula is C30H20ClF3NO9S-. The van der Waals surface area contributed by atoms with Crippen molar-refractivity contribution in [3.05, 3.63) is 107 Å². The van der Waals surface area contributed by atoms with E-state index in [2.05, 4.69) is 4.74 Å². The second-order valence-corrected chi connectivity index (χ2v) is 11.6. The van der Waals surface area contributed by atoms with Gasteiger partial charge in [-0.2, -0.15) is 0 Å². The van der Waals surface area contributed by atoms with Crippen LogP contribution in [0.25, 0.3) is 0 Å². The molecule has 45 heavy (non-hydrogen) atoms. The van der Waals surface area contributed by atoms with E-state index >= 15 is 0 Å². The second kappa shape index (κ2) is 11.5. The van der Waals surface area contributed by atoms with Gasteiger partial charge >= 0.3 is 6.36 Å². The number of carbonyl (C=O) groups excluding carboxylic acids is 2. The summed E-state index contributed by atoms with van der Waals surface area (Å²) >= 11 is 6.38. The summed E-state index contributed by atoms with van der Waals surface area (Å²) < 4.78 is 88.9. The molecular weight excluding hydrogens is 643 g/mol. The lowest BCUT2D eigenvalue weighted by atomic mass is 9.69. The lowest BCUT2D eigenvalue weighted by Crippen LogP contribution is -2.45. The lowest BCUT2D eigenvalue weighted by molar-refractivity contribution is -0.275. The lowest BCUT2D eigenvalue weighted by Gasteiger charge is -2.33. The van der Waals surface area contributed by atoms with Gasteiger partial charge in [0.2, 0.25) is 0 Å². The molecule has 4 aromatic carbocycles. The van der Waals surface area contributed by atoms with E-state index in [1.165, 1.54) is 67.8 Å². The molecule has 1 unspecified atom stereocenters. The van der Waals surface area contributed by atoms with Gasteiger partial charge in [0.1, 0.15) is 21.8 Å². The van der Waals surface area contributed by atoms with E-state index in [-0.39, 0.29) is 38.9 Å². The summed E-state index contributed by atoms with van der Waals surface area (Å²) in [5.74, 6) is -2.89. The van der Waals surface area contributed by atoms with Crippen LogP contribution in [0.3, 0.4) is 0 Å². The van der Waals surface area contributed by atoms with Crippen LogP contribution in [-0.2, 0) is 20.2 Å². The zero-order valence-corrected chi connectivity index (χ0v) is 24.7. The van der Waals surface area contributed by atoms with Crippen molar-refractivity contribution in [3.63, 3.8) is 0 Å². The first-order valence-electron chi connectivity index (χ1n) is 12.7. The molecule has 0 radical (unpaired) electrons. The molecule has 15 heteroatoms. The number of para-hydroxylation sites is 2. The van der Waals surface area contributed by atoms with Crippen LogP contribution < -0.4 is 28.4 Å². The fraction of sp³-hybridized carbons (Fsp3) is 0.133. The van der Waals surface area contributed by atoms with Crippen molar-refractivity contribution in [2.45, 2.75) is 16.7 Å². The summed E-state index contributed by atoms with van der Waals surface area (Å²) in [5.41, 5.74) is -2.74. The van der Waals surface area contributed by atoms with Gasteiger partial charge in [-0.3, -0.25) is 4.79 Å². The van der Waals surface area contributed by atoms with Gasteiger partial charge in [-0.05, 0) is 42.5 Å². The third-order valence-corrected chi connectivity index (χ3v) is 8.95. The minimum Gasteiger partial charge on any atom is -0.514 e. The Bertz CT molecular complexity index is 1930. The minimum atomic E-state index is -5.32. The Morgan fingerprint density at radius 2 is 1.47 bits per heavy atom. The van der Waals surface area contributed by atoms with E-state index in [4.69, 9.17) is 25.8 Å². The van der Waals surface area contributed by atoms with Crippen LogP contribution in [0, 0.1) is 0 Å². The molecule has 1 aliphatic rings. The highest BCUT2D eigenvalue weighted by molar-refractivity contribution is 7.93. The molecule has 0 saturated heterocycles. The molecule has 234 valence electrons. The number of rotatable bonds is 8. The summed E-state index contributed by atoms with van der Waals surface area (Å²) in [5, 5.41) is 11.7. The minimum absolute atomic E-state index is 0.0367. The van der Waals surface area contributed by atoms with Crippen molar-refractivity contribution < 1.29 is 55.2 Å². The number of hydrogen-bond acceptors (Lipinski definition) is 9. The number of methoxy groups -OCH3 is 2. The van der Waals surface area contributed by atoms with E-state index in [0.29, 0.717) is 10.4 Å². The van der Waals surface area contributed by atoms with E-state index in [1.54, 1.807) is 6.07 Å². The van der Waals surface area contributed by atoms with Crippen LogP contribution in [0.5, 0.6) is 23.0 Å². The Kier molecular flexibility index (Phi) is 8.06. The molecule has 0 N–H and O–H groups in total. The predicted octanol–water partition coefficient (Wildman–Crippen LogP) is 5.05. The molecule has 0 spiro atoms. The van der Waals surface area contributed by atoms with Crippen molar-refractivity contribution in [1.82, 2.24) is 0 Å². The van der Waals surface area contributed by atoms with Gasteiger partial charge in [0.05, 0.1) is 25.7 Å². The summed E-state index contributed by atoms with van der Waals surface area (Å²) in [6.07, 6.45) is -7.30. The van der Waals surface area contributed by atoms with Gasteiger partial charge in [0, 0.05) is 27.8 Å². The Balaban J connectivity index is 1.89. The number of carbonyl (C=O) groups is 2. The number of benzene rings is 4. The highest BCUT2D eigenvalue weighted by Gasteiger charge is 2.59. The number of amides is 1. The standard InChI is InChI=1S/C30H21ClF3NO9S/c1-41-18-12-14-26(25(16-18)44-30(32,33)34)45(39,40)35-22-13-11-17(31)15-21(22)29(27(35)36,19-7-3-5-9-23(19)42-2)20-8-4-6-10-24(20)43-28(37)38/h3-16H,1-2H3,(H,37,38)/p-1. The Morgan fingerprint density at radius 3 is 2.07 bits per heavy atom. The molecule has 1 atom stereocenters. The molecule has 4 aromatic rings. The van der Waals surface area contributed by atoms with Gasteiger partial charge in [0.25, 0.3) is 22.1 Å². The number of hydrogen-bond donors (Lipinski definition) is 0. The molecule has 1 amide bonds. The van der Waals surface area contributed by atoms with Crippen molar-refractivity contribution in [2.75, 3.05) is 18.5 Å². The maximum absolute atomic E-state index is 15.0. The van der Waals surface area contributed by atoms with E-state index in [0.717, 1.165) is 19.2 Å². The number of nitrogens with zero attached hydrogens (tertiary/aromatic N) is 1. The Hall–Kier alpha value is -4.95. The van der Waals surface area contributed by atoms with E-state index in [1.807, 2.05) is 0 Å². The van der Waals surface area contributed by atoms with Crippen LogP contribution in [0.4, 0.5) is 23.7 Å². The number of ether oxygens (including phenoxy) is 4. The average Bonchev–Trinajstić information content (AvgIpc) is 3.24. The highest BCUT2D eigenvalue weighted by Crippen LogP contribution is 2.56. The molecule has 0 aromatic heterocycles. The first-order valence-corrected chi connectivity index (χ1v) is 14.5. The molecule has 0 fully saturated rings. The van der Waals surface area contributed by atoms with Crippen molar-refractivity contribution >= 4 is 39.4 Å². The average molecular weight is 663 g/mol. The maximum Gasteiger partial charge on any atom is 0.573 e. The third-order valence-electron chi connectivity index (χ3n) is 6.98. The number of fused-ring (bicyclic) bond motifs is 1. The molecule has 1 aliphatic heterocycles. The van der Waals surface area contributed by atoms with Crippen LogP contribution in [0.15, 0.2) is 89.8 Å². The molecule has 5 rings (SSSR count). The van der Waals surface area contributed by atoms with Crippen molar-refractivity contribution in [2.24, 2.45) is 0 Å². The SMILES string of the molecule is COc1ccc(S(=O)(=O)N2C(=O)C(c3ccccc3OC)(c3ccccc3OC(=O)[O-])c3cc(Cl)ccc32)c(OC(F)(F)F)c1. The maximum atomic E-state index is 15.0. The Labute approximate surface area is 259 Å². The van der Waals surface area contributed by atoms with Crippen molar-refractivity contribution in [1.29, 1.82) is 0 Å². The summed E-state index contributed by atoms with van der Waals surface area (Å²) in [6.45, 7) is 0. The van der Waals surface area contributed by atoms with Gasteiger partial charge in [-0.15, -0.1) is 13.2 Å². The fourth-order valence-electron chi connectivity index (χ4n) is 5.31. The summed E-state index contributed by atoms with van der Waals surface area (Å²) in [7, 11) is -2.79. The topological polar surface area (TPSA) is 132 Å². The second-order valence-electron chi connectivity index (χ2n) is 9.40. The fourth-order valence-corrected chi connectivity index (χ4v) is 7.04. The Morgan fingerprint density at radius 1 is 0.844 bits per heavy atom. The highest BCUT2D eigenvalue weighted by atomic mass is 35.5. The van der Waals surface area contributed by atoms with Gasteiger partial charge in [-0.25, -0.2) is 12.7 Å². The van der Waals surface area contributed by atoms with E-state index < -0.39 is 50.3 Å². The van der Waals surface area contributed by atoms with Gasteiger partial charge in [0.15, 0.2) is 5.75 Å². The van der Waals surface area contributed by atoms with Crippen LogP contribution in [0.1, 0.15) is 16.7 Å². The number of sulfonamides is 1. The summed E-state index contributed by atoms with van der Waals surface area (Å²) in [4.78, 5) is 25.6. The number of halogens is 4. The normalized spacial score (nSPS) is 16.2. The molecule has 0 bridgehead atoms. The monoisotopic (exact) mass is 662 g/mol. The quantitative estimate of drug-likeness (QED) is 0.188. The van der Waals surface area contributed by atoms with Gasteiger partial charge in [-0.1, -0.05) is 48.0 Å². The molecule has 0 aliphatic carbocycles. The molecule has 0 saturated carbocycles. The molecule has 1 heterocycles. The number of alkyl halides is 3.